The number of halogens is 1. The molecule has 6 heteroatoms. The van der Waals surface area contributed by atoms with Crippen LogP contribution in [-0.4, -0.2) is 19.6 Å². The number of carbonyl (C=O) groups is 1. The Labute approximate surface area is 168 Å². The minimum absolute atomic E-state index is 0.299. The second kappa shape index (κ2) is 9.15. The van der Waals surface area contributed by atoms with Gasteiger partial charge in [-0.25, -0.2) is 0 Å². The predicted molar refractivity (Wildman–Crippen MR) is 110 cm³/mol. The van der Waals surface area contributed by atoms with E-state index >= 15 is 0 Å². The van der Waals surface area contributed by atoms with E-state index in [1.165, 1.54) is 7.11 Å². The molecule has 3 aromatic carbocycles. The molecule has 0 spiro atoms. The smallest absolute Gasteiger partial charge is 0.255 e. The highest BCUT2D eigenvalue weighted by Crippen LogP contribution is 2.37. The summed E-state index contributed by atoms with van der Waals surface area (Å²) in [4.78, 5) is 12.8. The summed E-state index contributed by atoms with van der Waals surface area (Å²) in [6.45, 7) is 2.27. The van der Waals surface area contributed by atoms with Crippen molar-refractivity contribution in [2.24, 2.45) is 0 Å². The van der Waals surface area contributed by atoms with Gasteiger partial charge in [-0.3, -0.25) is 4.79 Å². The molecule has 0 heterocycles. The monoisotopic (exact) mass is 397 g/mol. The maximum atomic E-state index is 12.8. The van der Waals surface area contributed by atoms with E-state index in [-0.39, 0.29) is 5.91 Å². The van der Waals surface area contributed by atoms with Crippen molar-refractivity contribution in [3.63, 3.8) is 0 Å². The lowest BCUT2D eigenvalue weighted by Crippen LogP contribution is -2.13. The Bertz CT molecular complexity index is 960. The SMILES string of the molecule is CCOc1cc(C(=O)Nc2ccccc2Oc2ccccc2)cc(Cl)c1OC. The highest BCUT2D eigenvalue weighted by atomic mass is 35.5. The number of amides is 1. The van der Waals surface area contributed by atoms with Gasteiger partial charge < -0.3 is 19.5 Å². The number of benzene rings is 3. The molecule has 0 aliphatic heterocycles. The molecular formula is C22H20ClNO4. The van der Waals surface area contributed by atoms with Gasteiger partial charge >= 0.3 is 0 Å². The van der Waals surface area contributed by atoms with E-state index in [1.54, 1.807) is 24.3 Å². The lowest BCUT2D eigenvalue weighted by molar-refractivity contribution is 0.102. The van der Waals surface area contributed by atoms with Crippen molar-refractivity contribution >= 4 is 23.2 Å². The van der Waals surface area contributed by atoms with Crippen LogP contribution in [0.15, 0.2) is 66.7 Å². The molecule has 0 saturated carbocycles. The van der Waals surface area contributed by atoms with E-state index in [2.05, 4.69) is 5.32 Å². The molecule has 1 amide bonds. The molecule has 3 rings (SSSR count). The van der Waals surface area contributed by atoms with E-state index in [4.69, 9.17) is 25.8 Å². The third kappa shape index (κ3) is 4.56. The number of anilines is 1. The molecule has 0 saturated heterocycles. The van der Waals surface area contributed by atoms with Crippen molar-refractivity contribution in [3.05, 3.63) is 77.3 Å². The van der Waals surface area contributed by atoms with Gasteiger partial charge in [0.1, 0.15) is 5.75 Å². The number of nitrogens with one attached hydrogen (secondary N) is 1. The van der Waals surface area contributed by atoms with E-state index < -0.39 is 0 Å². The van der Waals surface area contributed by atoms with Crippen LogP contribution in [0.4, 0.5) is 5.69 Å². The van der Waals surface area contributed by atoms with Gasteiger partial charge in [0.2, 0.25) is 0 Å². The Hall–Kier alpha value is -3.18. The molecular weight excluding hydrogens is 378 g/mol. The molecule has 0 fully saturated rings. The zero-order chi connectivity index (χ0) is 19.9. The van der Waals surface area contributed by atoms with Crippen molar-refractivity contribution in [3.8, 4) is 23.0 Å². The third-order valence-corrected chi connectivity index (χ3v) is 4.16. The number of ether oxygens (including phenoxy) is 3. The van der Waals surface area contributed by atoms with Crippen molar-refractivity contribution < 1.29 is 19.0 Å². The van der Waals surface area contributed by atoms with E-state index in [9.17, 15) is 4.79 Å². The van der Waals surface area contributed by atoms with Crippen LogP contribution in [0.25, 0.3) is 0 Å². The normalized spacial score (nSPS) is 10.2. The quantitative estimate of drug-likeness (QED) is 0.548. The Kier molecular flexibility index (Phi) is 6.40. The fraction of sp³-hybridized carbons (Fsp3) is 0.136. The van der Waals surface area contributed by atoms with Crippen LogP contribution in [0.3, 0.4) is 0 Å². The standard InChI is InChI=1S/C22H20ClNO4/c1-3-27-20-14-15(13-17(23)21(20)26-2)22(25)24-18-11-7-8-12-19(18)28-16-9-5-4-6-10-16/h4-14H,3H2,1-2H3,(H,24,25). The molecule has 0 radical (unpaired) electrons. The third-order valence-electron chi connectivity index (χ3n) is 3.88. The van der Waals surface area contributed by atoms with Crippen molar-refractivity contribution in [1.29, 1.82) is 0 Å². The fourth-order valence-electron chi connectivity index (χ4n) is 2.63. The van der Waals surface area contributed by atoms with Crippen molar-refractivity contribution in [2.75, 3.05) is 19.0 Å². The summed E-state index contributed by atoms with van der Waals surface area (Å²) >= 11 is 6.25. The first kappa shape index (κ1) is 19.6. The molecule has 0 atom stereocenters. The van der Waals surface area contributed by atoms with Crippen LogP contribution < -0.4 is 19.5 Å². The summed E-state index contributed by atoms with van der Waals surface area (Å²) in [5.74, 6) is 1.68. The van der Waals surface area contributed by atoms with E-state index in [1.807, 2.05) is 49.4 Å². The maximum absolute atomic E-state index is 12.8. The number of hydrogen-bond acceptors (Lipinski definition) is 4. The van der Waals surface area contributed by atoms with Gasteiger partial charge in [-0.1, -0.05) is 41.9 Å². The molecule has 1 N–H and O–H groups in total. The Balaban J connectivity index is 1.86. The highest BCUT2D eigenvalue weighted by Gasteiger charge is 2.17. The molecule has 5 nitrogen and oxygen atoms in total. The number of rotatable bonds is 7. The van der Waals surface area contributed by atoms with Gasteiger partial charge in [0.25, 0.3) is 5.91 Å². The number of hydrogen-bond donors (Lipinski definition) is 1. The lowest BCUT2D eigenvalue weighted by atomic mass is 10.1. The minimum atomic E-state index is -0.338. The number of carbonyl (C=O) groups excluding carboxylic acids is 1. The van der Waals surface area contributed by atoms with E-state index in [0.29, 0.717) is 45.9 Å². The summed E-state index contributed by atoms with van der Waals surface area (Å²) in [5.41, 5.74) is 0.894. The van der Waals surface area contributed by atoms with Crippen LogP contribution in [0.1, 0.15) is 17.3 Å². The largest absolute Gasteiger partial charge is 0.491 e. The number of para-hydroxylation sites is 3. The average molecular weight is 398 g/mol. The van der Waals surface area contributed by atoms with E-state index in [0.717, 1.165) is 0 Å². The molecule has 28 heavy (non-hydrogen) atoms. The first-order valence-corrected chi connectivity index (χ1v) is 9.13. The average Bonchev–Trinajstić information content (AvgIpc) is 2.70. The molecule has 0 unspecified atom stereocenters. The first-order chi connectivity index (χ1) is 13.6. The molecule has 144 valence electrons. The summed E-state index contributed by atoms with van der Waals surface area (Å²) in [6.07, 6.45) is 0. The van der Waals surface area contributed by atoms with Gasteiger partial charge in [0, 0.05) is 5.56 Å². The van der Waals surface area contributed by atoms with Crippen LogP contribution in [0.2, 0.25) is 5.02 Å². The Morgan fingerprint density at radius 3 is 2.43 bits per heavy atom. The zero-order valence-corrected chi connectivity index (χ0v) is 16.3. The zero-order valence-electron chi connectivity index (χ0n) is 15.6. The highest BCUT2D eigenvalue weighted by molar-refractivity contribution is 6.32. The van der Waals surface area contributed by atoms with Crippen LogP contribution >= 0.6 is 11.6 Å². The minimum Gasteiger partial charge on any atom is -0.491 e. The van der Waals surface area contributed by atoms with Crippen LogP contribution in [0, 0.1) is 0 Å². The second-order valence-corrected chi connectivity index (χ2v) is 6.20. The summed E-state index contributed by atoms with van der Waals surface area (Å²) < 4.78 is 16.7. The Morgan fingerprint density at radius 2 is 1.71 bits per heavy atom. The summed E-state index contributed by atoms with van der Waals surface area (Å²) in [5, 5.41) is 3.16. The second-order valence-electron chi connectivity index (χ2n) is 5.79. The summed E-state index contributed by atoms with van der Waals surface area (Å²) in [7, 11) is 1.50. The van der Waals surface area contributed by atoms with Gasteiger partial charge in [-0.2, -0.15) is 0 Å². The van der Waals surface area contributed by atoms with Gasteiger partial charge in [-0.05, 0) is 43.3 Å². The molecule has 0 bridgehead atoms. The molecule has 0 aliphatic rings. The summed E-state index contributed by atoms with van der Waals surface area (Å²) in [6, 6.07) is 19.7. The van der Waals surface area contributed by atoms with Gasteiger partial charge in [0.05, 0.1) is 24.4 Å². The van der Waals surface area contributed by atoms with Crippen LogP contribution in [0.5, 0.6) is 23.0 Å². The first-order valence-electron chi connectivity index (χ1n) is 8.76. The fourth-order valence-corrected chi connectivity index (χ4v) is 2.92. The topological polar surface area (TPSA) is 56.8 Å². The number of methoxy groups -OCH3 is 1. The van der Waals surface area contributed by atoms with Crippen molar-refractivity contribution in [2.45, 2.75) is 6.92 Å². The van der Waals surface area contributed by atoms with Crippen molar-refractivity contribution in [1.82, 2.24) is 0 Å². The molecule has 0 aliphatic carbocycles. The van der Waals surface area contributed by atoms with Gasteiger partial charge in [-0.15, -0.1) is 0 Å². The molecule has 0 aromatic heterocycles. The lowest BCUT2D eigenvalue weighted by Gasteiger charge is -2.14. The van der Waals surface area contributed by atoms with Crippen LogP contribution in [-0.2, 0) is 0 Å². The Morgan fingerprint density at radius 1 is 1.00 bits per heavy atom. The maximum Gasteiger partial charge on any atom is 0.255 e. The predicted octanol–water partition coefficient (Wildman–Crippen LogP) is 5.79. The molecule has 3 aromatic rings. The van der Waals surface area contributed by atoms with Gasteiger partial charge in [0.15, 0.2) is 17.2 Å².